The molecular weight excluding hydrogens is 125 g/mol. The fourth-order valence-electron chi connectivity index (χ4n) is 0.0873. The highest BCUT2D eigenvalue weighted by Gasteiger charge is 2.31. The molecule has 8 heavy (non-hydrogen) atoms. The summed E-state index contributed by atoms with van der Waals surface area (Å²) in [5.41, 5.74) is 0. The summed E-state index contributed by atoms with van der Waals surface area (Å²) < 4.78 is 33.7. The second-order valence-corrected chi connectivity index (χ2v) is 1.25. The van der Waals surface area contributed by atoms with Gasteiger partial charge in [-0.15, -0.1) is 4.94 Å². The maximum absolute atomic E-state index is 11.8. The van der Waals surface area contributed by atoms with Gasteiger partial charge < -0.3 is 5.11 Å². The second kappa shape index (κ2) is 2.88. The molecule has 0 aromatic heterocycles. The van der Waals surface area contributed by atoms with E-state index in [1.165, 1.54) is 0 Å². The summed E-state index contributed by atoms with van der Waals surface area (Å²) in [6.07, 6.45) is 0. The first-order chi connectivity index (χ1) is 3.68. The number of aliphatic hydroxyl groups is 1. The fraction of sp³-hybridized carbons (Fsp3) is 1.00. The summed E-state index contributed by atoms with van der Waals surface area (Å²) >= 11 is 0. The molecule has 0 rings (SSSR count). The van der Waals surface area contributed by atoms with Crippen molar-refractivity contribution in [3.63, 3.8) is 0 Å². The molecule has 0 heterocycles. The molecule has 0 aliphatic heterocycles. The molecule has 1 unspecified atom stereocenters. The maximum atomic E-state index is 11.8. The van der Waals surface area contributed by atoms with Crippen LogP contribution in [0, 0.1) is 0 Å². The van der Waals surface area contributed by atoms with Crippen molar-refractivity contribution in [3.05, 3.63) is 0 Å². The van der Waals surface area contributed by atoms with Crippen LogP contribution >= 0.6 is 0 Å². The summed E-state index contributed by atoms with van der Waals surface area (Å²) in [6, 6.07) is 0. The van der Waals surface area contributed by atoms with Crippen LogP contribution in [0.3, 0.4) is 0 Å². The zero-order valence-electron chi connectivity index (χ0n) is 3.90. The Morgan fingerprint density at radius 1 is 1.62 bits per heavy atom. The minimum atomic E-state index is -3.15. The van der Waals surface area contributed by atoms with Crippen LogP contribution in [0.1, 0.15) is 0 Å². The summed E-state index contributed by atoms with van der Waals surface area (Å²) in [5.74, 6) is -3.15. The molecule has 0 radical (unpaired) electrons. The van der Waals surface area contributed by atoms with E-state index in [9.17, 15) is 13.3 Å². The lowest BCUT2D eigenvalue weighted by Gasteiger charge is -2.10. The maximum Gasteiger partial charge on any atom is 0.296 e. The van der Waals surface area contributed by atoms with E-state index in [4.69, 9.17) is 5.11 Å². The first kappa shape index (κ1) is 7.71. The molecule has 0 saturated heterocycles. The van der Waals surface area contributed by atoms with Crippen molar-refractivity contribution < 1.29 is 23.4 Å². The predicted molar refractivity (Wildman–Crippen MR) is 19.1 cm³/mol. The molecule has 0 aromatic carbocycles. The zero-order valence-corrected chi connectivity index (χ0v) is 3.90. The van der Waals surface area contributed by atoms with E-state index in [2.05, 4.69) is 4.94 Å². The van der Waals surface area contributed by atoms with Crippen molar-refractivity contribution in [3.8, 4) is 0 Å². The van der Waals surface area contributed by atoms with Gasteiger partial charge in [-0.05, 0) is 4.53 Å². The third-order valence-electron chi connectivity index (χ3n) is 0.574. The molecule has 1 atom stereocenters. The van der Waals surface area contributed by atoms with Crippen LogP contribution in [0.15, 0.2) is 0 Å². The minimum Gasteiger partial charge on any atom is -0.390 e. The van der Waals surface area contributed by atoms with Gasteiger partial charge in [0.2, 0.25) is 0 Å². The van der Waals surface area contributed by atoms with E-state index in [-0.39, 0.29) is 0 Å². The lowest BCUT2D eigenvalue weighted by Crippen LogP contribution is -2.30. The van der Waals surface area contributed by atoms with Gasteiger partial charge in [0, 0.05) is 0 Å². The van der Waals surface area contributed by atoms with Crippen LogP contribution in [0.25, 0.3) is 0 Å². The average Bonchev–Trinajstić information content (AvgIpc) is 1.87. The van der Waals surface area contributed by atoms with Gasteiger partial charge in [-0.1, -0.05) is 0 Å². The van der Waals surface area contributed by atoms with Crippen LogP contribution in [-0.2, 0) is 4.94 Å². The molecule has 0 aliphatic rings. The molecule has 0 bridgehead atoms. The topological polar surface area (TPSA) is 29.5 Å². The lowest BCUT2D eigenvalue weighted by molar-refractivity contribution is -0.309. The van der Waals surface area contributed by atoms with Gasteiger partial charge in [0.05, 0.1) is 0 Å². The highest BCUT2D eigenvalue weighted by molar-refractivity contribution is 4.60. The van der Waals surface area contributed by atoms with E-state index < -0.39 is 19.1 Å². The molecule has 0 aromatic rings. The van der Waals surface area contributed by atoms with Gasteiger partial charge in [-0.3, -0.25) is 0 Å². The Morgan fingerprint density at radius 2 is 2.12 bits per heavy atom. The third-order valence-corrected chi connectivity index (χ3v) is 0.574. The Morgan fingerprint density at radius 3 is 2.12 bits per heavy atom. The van der Waals surface area contributed by atoms with Gasteiger partial charge in [-0.2, -0.15) is 0 Å². The Kier molecular flexibility index (Phi) is 2.78. The molecule has 2 nitrogen and oxygen atoms in total. The van der Waals surface area contributed by atoms with Crippen molar-refractivity contribution in [2.24, 2.45) is 0 Å². The molecule has 0 spiro atoms. The summed E-state index contributed by atoms with van der Waals surface area (Å²) in [7, 11) is 0. The first-order valence-corrected chi connectivity index (χ1v) is 1.84. The smallest absolute Gasteiger partial charge is 0.296 e. The van der Waals surface area contributed by atoms with Gasteiger partial charge in [0.1, 0.15) is 6.61 Å². The SMILES string of the molecule is OCC(F)(CF)OF. The quantitative estimate of drug-likeness (QED) is 0.603. The number of halogens is 3. The van der Waals surface area contributed by atoms with Crippen LogP contribution < -0.4 is 0 Å². The fourth-order valence-corrected chi connectivity index (χ4v) is 0.0873. The average molecular weight is 130 g/mol. The Hall–Kier alpha value is -0.290. The number of hydrogen-bond acceptors (Lipinski definition) is 2. The third kappa shape index (κ3) is 1.67. The van der Waals surface area contributed by atoms with Crippen molar-refractivity contribution in [1.29, 1.82) is 0 Å². The van der Waals surface area contributed by atoms with E-state index in [0.29, 0.717) is 0 Å². The van der Waals surface area contributed by atoms with E-state index in [1.807, 2.05) is 0 Å². The van der Waals surface area contributed by atoms with Gasteiger partial charge >= 0.3 is 0 Å². The van der Waals surface area contributed by atoms with Crippen LogP contribution in [0.4, 0.5) is 13.3 Å². The largest absolute Gasteiger partial charge is 0.390 e. The molecule has 0 amide bonds. The van der Waals surface area contributed by atoms with Crippen LogP contribution in [0.2, 0.25) is 0 Å². The van der Waals surface area contributed by atoms with Gasteiger partial charge in [-0.25, -0.2) is 8.78 Å². The van der Waals surface area contributed by atoms with E-state index in [1.54, 1.807) is 0 Å². The van der Waals surface area contributed by atoms with Crippen molar-refractivity contribution in [1.82, 2.24) is 0 Å². The number of aliphatic hydroxyl groups excluding tert-OH is 1. The second-order valence-electron chi connectivity index (χ2n) is 1.25. The number of hydrogen-bond donors (Lipinski definition) is 1. The normalized spacial score (nSPS) is 18.0. The highest BCUT2D eigenvalue weighted by atomic mass is 19.3. The van der Waals surface area contributed by atoms with Crippen LogP contribution in [-0.4, -0.2) is 24.2 Å². The monoisotopic (exact) mass is 130 g/mol. The molecule has 0 fully saturated rings. The minimum absolute atomic E-state index is 1.32. The summed E-state index contributed by atoms with van der Waals surface area (Å²) in [4.78, 5) is 2.44. The Labute approximate surface area is 43.8 Å². The van der Waals surface area contributed by atoms with Crippen molar-refractivity contribution >= 4 is 0 Å². The van der Waals surface area contributed by atoms with Gasteiger partial charge in [0.25, 0.3) is 5.85 Å². The standard InChI is InChI=1S/C3H5F3O2/c4-1-3(5,2-7)8-6/h7H,1-2H2. The van der Waals surface area contributed by atoms with E-state index >= 15 is 0 Å². The van der Waals surface area contributed by atoms with Crippen LogP contribution in [0.5, 0.6) is 0 Å². The summed E-state index contributed by atoms with van der Waals surface area (Å²) in [5, 5.41) is 7.81. The van der Waals surface area contributed by atoms with Crippen molar-refractivity contribution in [2.45, 2.75) is 5.85 Å². The zero-order chi connectivity index (χ0) is 6.62. The summed E-state index contributed by atoms with van der Waals surface area (Å²) in [6.45, 7) is -3.01. The lowest BCUT2D eigenvalue weighted by atomic mass is 10.4. The molecule has 5 heteroatoms. The number of rotatable bonds is 3. The first-order valence-electron chi connectivity index (χ1n) is 1.84. The molecule has 0 saturated carbocycles. The molecule has 50 valence electrons. The molecular formula is C3H5F3O2. The molecule has 0 aliphatic carbocycles. The Bertz CT molecular complexity index is 55.3. The van der Waals surface area contributed by atoms with Gasteiger partial charge in [0.15, 0.2) is 6.67 Å². The highest BCUT2D eigenvalue weighted by Crippen LogP contribution is 2.12. The predicted octanol–water partition coefficient (Wildman–Crippen LogP) is 0.515. The van der Waals surface area contributed by atoms with E-state index in [0.717, 1.165) is 0 Å². The Balaban J connectivity index is 3.58. The molecule has 1 N–H and O–H groups in total. The van der Waals surface area contributed by atoms with Crippen molar-refractivity contribution in [2.75, 3.05) is 13.3 Å². The number of alkyl halides is 2.